The van der Waals surface area contributed by atoms with E-state index in [1.807, 2.05) is 6.07 Å². The smallest absolute Gasteiger partial charge is 0.143 e. The molecule has 2 N–H and O–H groups in total. The largest absolute Gasteiger partial charge is 0.353 e. The number of anilines is 1. The number of piperazine rings is 1. The summed E-state index contributed by atoms with van der Waals surface area (Å²) in [5, 5.41) is 0.660. The quantitative estimate of drug-likeness (QED) is 0.876. The van der Waals surface area contributed by atoms with Crippen LogP contribution < -0.4 is 10.6 Å². The normalized spacial score (nSPS) is 18.3. The summed E-state index contributed by atoms with van der Waals surface area (Å²) in [6, 6.07) is 2.52. The van der Waals surface area contributed by atoms with Crippen LogP contribution in [0.15, 0.2) is 16.7 Å². The molecule has 1 saturated heterocycles. The summed E-state index contributed by atoms with van der Waals surface area (Å²) in [6.07, 6.45) is 3.96. The molecule has 1 unspecified atom stereocenters. The Morgan fingerprint density at radius 1 is 1.40 bits per heavy atom. The fourth-order valence-corrected chi connectivity index (χ4v) is 3.67. The van der Waals surface area contributed by atoms with Crippen LogP contribution in [0.2, 0.25) is 5.02 Å². The molecular formula is C14H22BrClN4. The van der Waals surface area contributed by atoms with Crippen LogP contribution in [0, 0.1) is 0 Å². The topological polar surface area (TPSA) is 45.4 Å². The number of hydrogen-bond acceptors (Lipinski definition) is 4. The first-order chi connectivity index (χ1) is 9.65. The number of hydrogen-bond donors (Lipinski definition) is 1. The zero-order valence-electron chi connectivity index (χ0n) is 11.9. The van der Waals surface area contributed by atoms with Crippen LogP contribution >= 0.6 is 27.5 Å². The van der Waals surface area contributed by atoms with E-state index in [0.717, 1.165) is 49.4 Å². The number of halogens is 2. The van der Waals surface area contributed by atoms with Gasteiger partial charge in [0.15, 0.2) is 0 Å². The maximum absolute atomic E-state index is 5.94. The van der Waals surface area contributed by atoms with Crippen molar-refractivity contribution in [1.29, 1.82) is 0 Å². The second-order valence-electron chi connectivity index (χ2n) is 5.12. The van der Waals surface area contributed by atoms with Gasteiger partial charge >= 0.3 is 0 Å². The van der Waals surface area contributed by atoms with Gasteiger partial charge < -0.3 is 10.6 Å². The van der Waals surface area contributed by atoms with Crippen LogP contribution in [0.25, 0.3) is 0 Å². The molecule has 1 aliphatic heterocycles. The van der Waals surface area contributed by atoms with Gasteiger partial charge in [0.2, 0.25) is 0 Å². The van der Waals surface area contributed by atoms with Gasteiger partial charge in [0.25, 0.3) is 0 Å². The molecule has 2 heterocycles. The van der Waals surface area contributed by atoms with Gasteiger partial charge in [-0.1, -0.05) is 18.5 Å². The van der Waals surface area contributed by atoms with Gasteiger partial charge in [-0.15, -0.1) is 0 Å². The molecule has 0 aromatic carbocycles. The van der Waals surface area contributed by atoms with E-state index < -0.39 is 0 Å². The van der Waals surface area contributed by atoms with Crippen molar-refractivity contribution in [3.05, 3.63) is 21.8 Å². The molecular weight excluding hydrogens is 340 g/mol. The molecule has 0 bridgehead atoms. The average molecular weight is 362 g/mol. The van der Waals surface area contributed by atoms with E-state index in [4.69, 9.17) is 17.3 Å². The molecule has 1 aromatic rings. The van der Waals surface area contributed by atoms with Gasteiger partial charge in [-0.25, -0.2) is 4.98 Å². The third-order valence-corrected chi connectivity index (χ3v) is 4.68. The van der Waals surface area contributed by atoms with Crippen molar-refractivity contribution in [2.24, 2.45) is 5.73 Å². The van der Waals surface area contributed by atoms with Crippen molar-refractivity contribution >= 4 is 33.3 Å². The van der Waals surface area contributed by atoms with Gasteiger partial charge in [0.1, 0.15) is 5.82 Å². The van der Waals surface area contributed by atoms with E-state index in [2.05, 4.69) is 37.6 Å². The molecule has 20 heavy (non-hydrogen) atoms. The van der Waals surface area contributed by atoms with Gasteiger partial charge in [-0.2, -0.15) is 0 Å². The van der Waals surface area contributed by atoms with E-state index >= 15 is 0 Å². The summed E-state index contributed by atoms with van der Waals surface area (Å²) >= 11 is 9.49. The maximum atomic E-state index is 5.94. The Kier molecular flexibility index (Phi) is 6.08. The minimum atomic E-state index is 0.615. The Bertz CT molecular complexity index is 435. The molecule has 112 valence electrons. The van der Waals surface area contributed by atoms with Crippen molar-refractivity contribution in [2.75, 3.05) is 37.6 Å². The summed E-state index contributed by atoms with van der Waals surface area (Å²) in [7, 11) is 0. The Morgan fingerprint density at radius 2 is 2.10 bits per heavy atom. The maximum Gasteiger partial charge on any atom is 0.143 e. The SMILES string of the molecule is CCC(CCN)N1CCN(c2ncc(Cl)cc2Br)CC1. The predicted octanol–water partition coefficient (Wildman–Crippen LogP) is 2.75. The highest BCUT2D eigenvalue weighted by Crippen LogP contribution is 2.27. The number of nitrogens with zero attached hydrogens (tertiary/aromatic N) is 3. The molecule has 2 rings (SSSR count). The van der Waals surface area contributed by atoms with Crippen LogP contribution in [0.5, 0.6) is 0 Å². The summed E-state index contributed by atoms with van der Waals surface area (Å²) in [6.45, 7) is 7.13. The fourth-order valence-electron chi connectivity index (χ4n) is 2.78. The molecule has 1 aromatic heterocycles. The van der Waals surface area contributed by atoms with Crippen LogP contribution in [0.3, 0.4) is 0 Å². The van der Waals surface area contributed by atoms with Gasteiger partial charge in [-0.3, -0.25) is 4.90 Å². The third-order valence-electron chi connectivity index (χ3n) is 3.89. The van der Waals surface area contributed by atoms with E-state index in [1.165, 1.54) is 6.42 Å². The summed E-state index contributed by atoms with van der Waals surface area (Å²) < 4.78 is 0.965. The van der Waals surface area contributed by atoms with E-state index in [9.17, 15) is 0 Å². The molecule has 0 radical (unpaired) electrons. The molecule has 1 fully saturated rings. The van der Waals surface area contributed by atoms with Crippen LogP contribution in [-0.4, -0.2) is 48.6 Å². The Labute approximate surface area is 134 Å². The second kappa shape index (κ2) is 7.59. The lowest BCUT2D eigenvalue weighted by atomic mass is 10.1. The third kappa shape index (κ3) is 3.85. The highest BCUT2D eigenvalue weighted by Gasteiger charge is 2.23. The lowest BCUT2D eigenvalue weighted by Gasteiger charge is -2.39. The molecule has 0 aliphatic carbocycles. The molecule has 0 spiro atoms. The number of nitrogens with two attached hydrogens (primary N) is 1. The summed E-state index contributed by atoms with van der Waals surface area (Å²) in [4.78, 5) is 9.30. The van der Waals surface area contributed by atoms with Crippen molar-refractivity contribution in [2.45, 2.75) is 25.8 Å². The van der Waals surface area contributed by atoms with E-state index in [-0.39, 0.29) is 0 Å². The standard InChI is InChI=1S/C14H22BrClN4/c1-2-12(3-4-17)19-5-7-20(8-6-19)14-13(15)9-11(16)10-18-14/h9-10,12H,2-8,17H2,1H3. The minimum absolute atomic E-state index is 0.615. The van der Waals surface area contributed by atoms with Gasteiger partial charge in [0, 0.05) is 38.4 Å². The number of pyridine rings is 1. The summed E-state index contributed by atoms with van der Waals surface area (Å²) in [5.74, 6) is 0.987. The van der Waals surface area contributed by atoms with Gasteiger partial charge in [0.05, 0.1) is 9.50 Å². The van der Waals surface area contributed by atoms with E-state index in [1.54, 1.807) is 6.20 Å². The Balaban J connectivity index is 1.97. The molecule has 0 saturated carbocycles. The molecule has 0 amide bonds. The minimum Gasteiger partial charge on any atom is -0.353 e. The fraction of sp³-hybridized carbons (Fsp3) is 0.643. The lowest BCUT2D eigenvalue weighted by Crippen LogP contribution is -2.51. The predicted molar refractivity (Wildman–Crippen MR) is 88.5 cm³/mol. The number of rotatable bonds is 5. The first-order valence-corrected chi connectivity index (χ1v) is 8.33. The number of aromatic nitrogens is 1. The molecule has 4 nitrogen and oxygen atoms in total. The van der Waals surface area contributed by atoms with Crippen LogP contribution in [0.4, 0.5) is 5.82 Å². The zero-order valence-corrected chi connectivity index (χ0v) is 14.2. The van der Waals surface area contributed by atoms with E-state index in [0.29, 0.717) is 11.1 Å². The lowest BCUT2D eigenvalue weighted by molar-refractivity contribution is 0.173. The van der Waals surface area contributed by atoms with Crippen LogP contribution in [0.1, 0.15) is 19.8 Å². The monoisotopic (exact) mass is 360 g/mol. The van der Waals surface area contributed by atoms with Crippen molar-refractivity contribution in [3.8, 4) is 0 Å². The molecule has 1 atom stereocenters. The Morgan fingerprint density at radius 3 is 2.65 bits per heavy atom. The first kappa shape index (κ1) is 16.0. The first-order valence-electron chi connectivity index (χ1n) is 7.15. The average Bonchev–Trinajstić information content (AvgIpc) is 2.45. The Hall–Kier alpha value is -0.360. The summed E-state index contributed by atoms with van der Waals surface area (Å²) in [5.41, 5.74) is 5.70. The molecule has 6 heteroatoms. The highest BCUT2D eigenvalue weighted by molar-refractivity contribution is 9.10. The van der Waals surface area contributed by atoms with Crippen molar-refractivity contribution < 1.29 is 0 Å². The van der Waals surface area contributed by atoms with Crippen molar-refractivity contribution in [3.63, 3.8) is 0 Å². The van der Waals surface area contributed by atoms with Gasteiger partial charge in [-0.05, 0) is 41.4 Å². The second-order valence-corrected chi connectivity index (χ2v) is 6.41. The zero-order chi connectivity index (χ0) is 14.5. The van der Waals surface area contributed by atoms with Crippen LogP contribution in [-0.2, 0) is 0 Å². The molecule has 1 aliphatic rings. The van der Waals surface area contributed by atoms with Crippen molar-refractivity contribution in [1.82, 2.24) is 9.88 Å². The highest BCUT2D eigenvalue weighted by atomic mass is 79.9.